The van der Waals surface area contributed by atoms with Crippen LogP contribution in [0.4, 0.5) is 4.39 Å². The van der Waals surface area contributed by atoms with Gasteiger partial charge in [-0.2, -0.15) is 0 Å². The monoisotopic (exact) mass is 108 g/mol. The fourth-order valence-electron chi connectivity index (χ4n) is 0. The summed E-state index contributed by atoms with van der Waals surface area (Å²) in [5.41, 5.74) is 0. The number of hydrogen-bond acceptors (Lipinski definition) is 2. The molecule has 7 heavy (non-hydrogen) atoms. The summed E-state index contributed by atoms with van der Waals surface area (Å²) in [4.78, 5) is 0. The summed E-state index contributed by atoms with van der Waals surface area (Å²) in [6, 6.07) is 0. The Bertz CT molecular complexity index is 55.2. The van der Waals surface area contributed by atoms with Gasteiger partial charge in [0.15, 0.2) is 0 Å². The van der Waals surface area contributed by atoms with Crippen molar-refractivity contribution < 1.29 is 14.6 Å². The maximum absolute atomic E-state index is 11.8. The molecule has 0 fully saturated rings. The largest absolute Gasteiger partial charge is 0.387 e. The third-order valence-electron chi connectivity index (χ3n) is 0.763. The molecule has 0 aromatic carbocycles. The number of rotatable bonds is 1. The lowest BCUT2D eigenvalue weighted by atomic mass is 10.2. The van der Waals surface area contributed by atoms with Gasteiger partial charge in [-0.25, -0.2) is 4.39 Å². The van der Waals surface area contributed by atoms with E-state index in [0.717, 1.165) is 6.92 Å². The molecule has 2 atom stereocenters. The average molecular weight is 108 g/mol. The quantitative estimate of drug-likeness (QED) is 0.498. The number of aliphatic hydroxyl groups excluding tert-OH is 1. The molecule has 2 N–H and O–H groups in total. The molecule has 0 aromatic heterocycles. The van der Waals surface area contributed by atoms with Gasteiger partial charge < -0.3 is 10.2 Å². The standard InChI is InChI=1S/C4H9FO2/c1-3(6)4(2,5)7/h3,6-7H,1-2H3. The maximum Gasteiger partial charge on any atom is 0.229 e. The first-order chi connectivity index (χ1) is 2.94. The molecule has 0 aliphatic rings. The Balaban J connectivity index is 3.54. The number of alkyl halides is 1. The predicted molar refractivity (Wildman–Crippen MR) is 23.4 cm³/mol. The summed E-state index contributed by atoms with van der Waals surface area (Å²) >= 11 is 0. The van der Waals surface area contributed by atoms with Crippen LogP contribution in [0.25, 0.3) is 0 Å². The zero-order chi connectivity index (χ0) is 6.08. The molecular weight excluding hydrogens is 99.0 g/mol. The summed E-state index contributed by atoms with van der Waals surface area (Å²) in [6.07, 6.45) is -1.31. The molecule has 0 spiro atoms. The Morgan fingerprint density at radius 2 is 1.86 bits per heavy atom. The number of hydrogen-bond donors (Lipinski definition) is 2. The van der Waals surface area contributed by atoms with Gasteiger partial charge in [-0.3, -0.25) is 0 Å². The first-order valence-corrected chi connectivity index (χ1v) is 2.04. The fraction of sp³-hybridized carbons (Fsp3) is 1.00. The van der Waals surface area contributed by atoms with Gasteiger partial charge in [0, 0.05) is 0 Å². The van der Waals surface area contributed by atoms with E-state index in [1.807, 2.05) is 0 Å². The lowest BCUT2D eigenvalue weighted by molar-refractivity contribution is -0.148. The van der Waals surface area contributed by atoms with Gasteiger partial charge in [0.05, 0.1) is 0 Å². The van der Waals surface area contributed by atoms with Crippen molar-refractivity contribution in [3.05, 3.63) is 0 Å². The molecule has 0 amide bonds. The third kappa shape index (κ3) is 2.53. The normalized spacial score (nSPS) is 23.6. The topological polar surface area (TPSA) is 40.5 Å². The number of halogens is 1. The van der Waals surface area contributed by atoms with E-state index >= 15 is 0 Å². The second kappa shape index (κ2) is 1.76. The van der Waals surface area contributed by atoms with Crippen molar-refractivity contribution >= 4 is 0 Å². The van der Waals surface area contributed by atoms with E-state index in [-0.39, 0.29) is 0 Å². The third-order valence-corrected chi connectivity index (χ3v) is 0.763. The van der Waals surface area contributed by atoms with E-state index in [9.17, 15) is 4.39 Å². The summed E-state index contributed by atoms with van der Waals surface area (Å²) in [7, 11) is 0. The van der Waals surface area contributed by atoms with E-state index < -0.39 is 12.0 Å². The SMILES string of the molecule is CC(O)C(C)(O)F. The molecule has 0 aromatic rings. The lowest BCUT2D eigenvalue weighted by Gasteiger charge is -2.14. The Hall–Kier alpha value is -0.150. The molecule has 3 heteroatoms. The average Bonchev–Trinajstić information content (AvgIpc) is 1.31. The van der Waals surface area contributed by atoms with Crippen molar-refractivity contribution in [3.63, 3.8) is 0 Å². The smallest absolute Gasteiger partial charge is 0.229 e. The van der Waals surface area contributed by atoms with Crippen LogP contribution in [0.2, 0.25) is 0 Å². The van der Waals surface area contributed by atoms with Crippen molar-refractivity contribution in [2.45, 2.75) is 25.8 Å². The van der Waals surface area contributed by atoms with E-state index in [1.54, 1.807) is 0 Å². The zero-order valence-corrected chi connectivity index (χ0v) is 4.35. The highest BCUT2D eigenvalue weighted by molar-refractivity contribution is 4.62. The van der Waals surface area contributed by atoms with Crippen molar-refractivity contribution in [2.75, 3.05) is 0 Å². The molecule has 0 radical (unpaired) electrons. The first-order valence-electron chi connectivity index (χ1n) is 2.04. The Morgan fingerprint density at radius 1 is 1.71 bits per heavy atom. The van der Waals surface area contributed by atoms with Crippen molar-refractivity contribution in [1.29, 1.82) is 0 Å². The molecule has 0 aliphatic carbocycles. The van der Waals surface area contributed by atoms with Crippen LogP contribution in [0.5, 0.6) is 0 Å². The minimum absolute atomic E-state index is 0.900. The maximum atomic E-state index is 11.8. The summed E-state index contributed by atoms with van der Waals surface area (Å²) < 4.78 is 11.8. The molecule has 44 valence electrons. The highest BCUT2D eigenvalue weighted by Gasteiger charge is 2.24. The second-order valence-electron chi connectivity index (χ2n) is 1.70. The first kappa shape index (κ1) is 6.85. The molecule has 0 saturated carbocycles. The van der Waals surface area contributed by atoms with E-state index in [1.165, 1.54) is 6.92 Å². The number of aliphatic hydroxyl groups is 2. The van der Waals surface area contributed by atoms with E-state index in [4.69, 9.17) is 10.2 Å². The highest BCUT2D eigenvalue weighted by atomic mass is 19.2. The molecule has 0 saturated heterocycles. The molecule has 0 heterocycles. The van der Waals surface area contributed by atoms with Crippen LogP contribution in [0.3, 0.4) is 0 Å². The summed E-state index contributed by atoms with van der Waals surface area (Å²) in [5.74, 6) is -2.44. The molecule has 0 rings (SSSR count). The summed E-state index contributed by atoms with van der Waals surface area (Å²) in [6.45, 7) is 2.08. The Kier molecular flexibility index (Phi) is 1.72. The van der Waals surface area contributed by atoms with Gasteiger partial charge in [-0.15, -0.1) is 0 Å². The van der Waals surface area contributed by atoms with Crippen LogP contribution in [0.1, 0.15) is 13.8 Å². The Labute approximate surface area is 41.6 Å². The van der Waals surface area contributed by atoms with E-state index in [0.29, 0.717) is 0 Å². The fourth-order valence-corrected chi connectivity index (χ4v) is 0. The van der Waals surface area contributed by atoms with Crippen molar-refractivity contribution in [2.24, 2.45) is 0 Å². The van der Waals surface area contributed by atoms with Gasteiger partial charge in [0.1, 0.15) is 6.10 Å². The van der Waals surface area contributed by atoms with Crippen molar-refractivity contribution in [1.82, 2.24) is 0 Å². The zero-order valence-electron chi connectivity index (χ0n) is 4.35. The van der Waals surface area contributed by atoms with Gasteiger partial charge in [-0.05, 0) is 13.8 Å². The van der Waals surface area contributed by atoms with Crippen LogP contribution in [-0.2, 0) is 0 Å². The minimum atomic E-state index is -2.44. The van der Waals surface area contributed by atoms with Crippen LogP contribution in [0.15, 0.2) is 0 Å². The lowest BCUT2D eigenvalue weighted by Crippen LogP contribution is -2.31. The van der Waals surface area contributed by atoms with Crippen LogP contribution in [0, 0.1) is 0 Å². The molecule has 2 unspecified atom stereocenters. The highest BCUT2D eigenvalue weighted by Crippen LogP contribution is 2.08. The van der Waals surface area contributed by atoms with Gasteiger partial charge in [0.2, 0.25) is 5.85 Å². The predicted octanol–water partition coefficient (Wildman–Crippen LogP) is 0.0452. The van der Waals surface area contributed by atoms with Crippen LogP contribution in [-0.4, -0.2) is 22.2 Å². The second-order valence-corrected chi connectivity index (χ2v) is 1.70. The van der Waals surface area contributed by atoms with Gasteiger partial charge >= 0.3 is 0 Å². The van der Waals surface area contributed by atoms with Gasteiger partial charge in [-0.1, -0.05) is 0 Å². The van der Waals surface area contributed by atoms with Crippen LogP contribution < -0.4 is 0 Å². The molecule has 0 bridgehead atoms. The van der Waals surface area contributed by atoms with Crippen molar-refractivity contribution in [3.8, 4) is 0 Å². The molecule has 0 aliphatic heterocycles. The molecule has 2 nitrogen and oxygen atoms in total. The van der Waals surface area contributed by atoms with Gasteiger partial charge in [0.25, 0.3) is 0 Å². The minimum Gasteiger partial charge on any atom is -0.387 e. The summed E-state index contributed by atoms with van der Waals surface area (Å²) in [5, 5.41) is 16.4. The van der Waals surface area contributed by atoms with Crippen LogP contribution >= 0.6 is 0 Å². The molecular formula is C4H9FO2. The Morgan fingerprint density at radius 3 is 1.86 bits per heavy atom. The van der Waals surface area contributed by atoms with E-state index in [2.05, 4.69) is 0 Å².